The Bertz CT molecular complexity index is 1210. The van der Waals surface area contributed by atoms with E-state index in [9.17, 15) is 9.90 Å². The van der Waals surface area contributed by atoms with Gasteiger partial charge in [-0.1, -0.05) is 18.2 Å². The lowest BCUT2D eigenvalue weighted by molar-refractivity contribution is 0.203. The second-order valence-corrected chi connectivity index (χ2v) is 10.1. The van der Waals surface area contributed by atoms with E-state index in [-0.39, 0.29) is 23.9 Å². The Morgan fingerprint density at radius 2 is 1.80 bits per heavy atom. The Morgan fingerprint density at radius 1 is 1.06 bits per heavy atom. The van der Waals surface area contributed by atoms with Crippen LogP contribution in [-0.2, 0) is 4.87 Å². The number of phenolic OH excluding ortho intramolecular Hbond substituents is 1. The highest BCUT2D eigenvalue weighted by atomic mass is 35.5. The van der Waals surface area contributed by atoms with Gasteiger partial charge in [-0.05, 0) is 42.5 Å². The van der Waals surface area contributed by atoms with Gasteiger partial charge >= 0.3 is 6.03 Å². The molecule has 1 atom stereocenters. The zero-order chi connectivity index (χ0) is 24.7. The topological polar surface area (TPSA) is 63.2 Å². The quantitative estimate of drug-likeness (QED) is 0.647. The standard InChI is InChI=1S/C26H29ClFN5O2/c1-30-9-12-32(13-10-30)23-16-19(7-8-29-23)26(27)17-18(20-5-3-4-6-22(20)34)15-21(28)24(26)33-14-11-31(2)25(33)35/h3-8,15-16,34H,9-14,17H2,1-2H3. The molecule has 0 bridgehead atoms. The molecule has 3 heterocycles. The molecule has 2 aliphatic heterocycles. The molecule has 1 aliphatic carbocycles. The first-order valence-electron chi connectivity index (χ1n) is 11.8. The lowest BCUT2D eigenvalue weighted by Crippen LogP contribution is -2.45. The second-order valence-electron chi connectivity index (χ2n) is 9.41. The number of halogens is 2. The smallest absolute Gasteiger partial charge is 0.324 e. The summed E-state index contributed by atoms with van der Waals surface area (Å²) in [5.41, 5.74) is 1.89. The van der Waals surface area contributed by atoms with E-state index in [0.717, 1.165) is 32.0 Å². The number of carbonyl (C=O) groups excluding carboxylic acids is 1. The fraction of sp³-hybridized carbons (Fsp3) is 0.385. The van der Waals surface area contributed by atoms with Crippen LogP contribution >= 0.6 is 11.6 Å². The SMILES string of the molecule is CN1CCN(c2cc(C3(Cl)CC(c4ccccc4O)=CC(F)=C3N3CCN(C)C3=O)ccn2)CC1. The molecular weight excluding hydrogens is 469 g/mol. The van der Waals surface area contributed by atoms with Gasteiger partial charge in [-0.3, -0.25) is 4.90 Å². The van der Waals surface area contributed by atoms with Gasteiger partial charge in [0.1, 0.15) is 22.3 Å². The zero-order valence-electron chi connectivity index (χ0n) is 19.9. The number of rotatable bonds is 4. The molecule has 184 valence electrons. The minimum Gasteiger partial charge on any atom is -0.507 e. The van der Waals surface area contributed by atoms with Crippen LogP contribution in [0.3, 0.4) is 0 Å². The van der Waals surface area contributed by atoms with E-state index in [4.69, 9.17) is 11.6 Å². The first-order valence-corrected chi connectivity index (χ1v) is 12.2. The number of para-hydroxylation sites is 1. The molecule has 7 nitrogen and oxygen atoms in total. The third-order valence-electron chi connectivity index (χ3n) is 7.10. The molecule has 2 fully saturated rings. The number of allylic oxidation sites excluding steroid dienone is 4. The van der Waals surface area contributed by atoms with Crippen molar-refractivity contribution in [1.29, 1.82) is 0 Å². The van der Waals surface area contributed by atoms with Gasteiger partial charge in [0.15, 0.2) is 0 Å². The van der Waals surface area contributed by atoms with E-state index in [0.29, 0.717) is 29.8 Å². The molecule has 0 saturated carbocycles. The number of nitrogens with zero attached hydrogens (tertiary/aromatic N) is 5. The first kappa shape index (κ1) is 23.6. The van der Waals surface area contributed by atoms with Gasteiger partial charge in [-0.15, -0.1) is 11.6 Å². The van der Waals surface area contributed by atoms with Gasteiger partial charge in [-0.2, -0.15) is 0 Å². The average molecular weight is 498 g/mol. The van der Waals surface area contributed by atoms with Crippen molar-refractivity contribution in [2.45, 2.75) is 11.3 Å². The molecule has 1 aromatic heterocycles. The molecule has 3 aliphatic rings. The summed E-state index contributed by atoms with van der Waals surface area (Å²) in [4.78, 5) is 23.6. The Hall–Kier alpha value is -3.10. The number of phenols is 1. The molecular formula is C26H29ClFN5O2. The van der Waals surface area contributed by atoms with Crippen molar-refractivity contribution in [1.82, 2.24) is 19.7 Å². The van der Waals surface area contributed by atoms with Crippen LogP contribution in [0, 0.1) is 0 Å². The van der Waals surface area contributed by atoms with E-state index in [1.54, 1.807) is 48.5 Å². The normalized spacial score (nSPS) is 23.8. The van der Waals surface area contributed by atoms with Crippen LogP contribution in [0.5, 0.6) is 5.75 Å². The number of benzene rings is 1. The molecule has 2 saturated heterocycles. The number of likely N-dealkylation sites (N-methyl/N-ethyl adjacent to an activating group) is 2. The van der Waals surface area contributed by atoms with Crippen LogP contribution in [0.2, 0.25) is 0 Å². The molecule has 0 spiro atoms. The van der Waals surface area contributed by atoms with E-state index in [1.165, 1.54) is 11.0 Å². The zero-order valence-corrected chi connectivity index (χ0v) is 20.7. The number of hydrogen-bond acceptors (Lipinski definition) is 5. The minimum absolute atomic E-state index is 0.0545. The summed E-state index contributed by atoms with van der Waals surface area (Å²) in [7, 11) is 3.79. The van der Waals surface area contributed by atoms with Gasteiger partial charge in [0, 0.05) is 64.5 Å². The van der Waals surface area contributed by atoms with Crippen molar-refractivity contribution in [3.05, 3.63) is 71.3 Å². The van der Waals surface area contributed by atoms with Crippen molar-refractivity contribution in [3.8, 4) is 5.75 Å². The van der Waals surface area contributed by atoms with Crippen molar-refractivity contribution in [2.24, 2.45) is 0 Å². The van der Waals surface area contributed by atoms with Crippen molar-refractivity contribution in [2.75, 3.05) is 58.3 Å². The molecule has 1 N–H and O–H groups in total. The molecule has 35 heavy (non-hydrogen) atoms. The number of pyridine rings is 1. The van der Waals surface area contributed by atoms with E-state index < -0.39 is 10.7 Å². The number of anilines is 1. The van der Waals surface area contributed by atoms with Crippen LogP contribution in [0.25, 0.3) is 5.57 Å². The van der Waals surface area contributed by atoms with E-state index >= 15 is 4.39 Å². The predicted octanol–water partition coefficient (Wildman–Crippen LogP) is 4.01. The van der Waals surface area contributed by atoms with E-state index in [1.807, 2.05) is 6.07 Å². The summed E-state index contributed by atoms with van der Waals surface area (Å²) in [6.45, 7) is 4.35. The number of urea groups is 1. The highest BCUT2D eigenvalue weighted by Gasteiger charge is 2.47. The lowest BCUT2D eigenvalue weighted by atomic mass is 9.81. The van der Waals surface area contributed by atoms with Crippen LogP contribution in [0.1, 0.15) is 17.5 Å². The highest BCUT2D eigenvalue weighted by molar-refractivity contribution is 6.27. The van der Waals surface area contributed by atoms with E-state index in [2.05, 4.69) is 21.8 Å². The van der Waals surface area contributed by atoms with Crippen LogP contribution in [0.15, 0.2) is 60.2 Å². The number of alkyl halides is 1. The molecule has 2 amide bonds. The van der Waals surface area contributed by atoms with Crippen molar-refractivity contribution < 1.29 is 14.3 Å². The lowest BCUT2D eigenvalue weighted by Gasteiger charge is -2.39. The first-order chi connectivity index (χ1) is 16.8. The van der Waals surface area contributed by atoms with Crippen LogP contribution < -0.4 is 4.90 Å². The maximum Gasteiger partial charge on any atom is 0.324 e. The summed E-state index contributed by atoms with van der Waals surface area (Å²) in [6.07, 6.45) is 3.28. The average Bonchev–Trinajstić information content (AvgIpc) is 3.17. The summed E-state index contributed by atoms with van der Waals surface area (Å²) < 4.78 is 15.9. The number of carbonyl (C=O) groups is 1. The highest BCUT2D eigenvalue weighted by Crippen LogP contribution is 2.52. The fourth-order valence-corrected chi connectivity index (χ4v) is 5.49. The molecule has 2 aromatic rings. The maximum atomic E-state index is 15.9. The van der Waals surface area contributed by atoms with Crippen molar-refractivity contribution >= 4 is 29.0 Å². The number of amides is 2. The number of hydrogen-bond donors (Lipinski definition) is 1. The van der Waals surface area contributed by atoms with Crippen LogP contribution in [-0.4, -0.2) is 84.2 Å². The second kappa shape index (κ2) is 9.17. The third-order valence-corrected chi connectivity index (χ3v) is 7.63. The van der Waals surface area contributed by atoms with Gasteiger partial charge in [0.05, 0.1) is 5.70 Å². The summed E-state index contributed by atoms with van der Waals surface area (Å²) in [5, 5.41) is 10.5. The number of aromatic hydroxyl groups is 1. The van der Waals surface area contributed by atoms with Gasteiger partial charge < -0.3 is 19.8 Å². The number of piperazine rings is 1. The molecule has 5 rings (SSSR count). The van der Waals surface area contributed by atoms with Crippen molar-refractivity contribution in [3.63, 3.8) is 0 Å². The Balaban J connectivity index is 1.61. The molecule has 1 aromatic carbocycles. The Kier molecular flexibility index (Phi) is 6.19. The monoisotopic (exact) mass is 497 g/mol. The predicted molar refractivity (Wildman–Crippen MR) is 135 cm³/mol. The van der Waals surface area contributed by atoms with Gasteiger partial charge in [-0.25, -0.2) is 14.2 Å². The summed E-state index contributed by atoms with van der Waals surface area (Å²) in [5.74, 6) is 0.254. The Morgan fingerprint density at radius 3 is 2.49 bits per heavy atom. The molecule has 1 unspecified atom stereocenters. The van der Waals surface area contributed by atoms with Crippen LogP contribution in [0.4, 0.5) is 15.0 Å². The summed E-state index contributed by atoms with van der Waals surface area (Å²) >= 11 is 7.40. The minimum atomic E-state index is -1.36. The van der Waals surface area contributed by atoms with Gasteiger partial charge in [0.25, 0.3) is 0 Å². The Labute approximate surface area is 209 Å². The fourth-order valence-electron chi connectivity index (χ4n) is 5.04. The molecule has 9 heteroatoms. The largest absolute Gasteiger partial charge is 0.507 e. The summed E-state index contributed by atoms with van der Waals surface area (Å²) in [6, 6.07) is 10.2. The third kappa shape index (κ3) is 4.25. The van der Waals surface area contributed by atoms with Gasteiger partial charge in [0.2, 0.25) is 0 Å². The molecule has 0 radical (unpaired) electrons. The maximum absolute atomic E-state index is 15.9. The number of aromatic nitrogens is 1.